The highest BCUT2D eigenvalue weighted by Crippen LogP contribution is 2.02. The summed E-state index contributed by atoms with van der Waals surface area (Å²) >= 11 is 0. The van der Waals surface area contributed by atoms with Crippen molar-refractivity contribution in [3.05, 3.63) is 60.2 Å². The monoisotopic (exact) mass is 237 g/mol. The largest absolute Gasteiger partial charge is 0.305 e. The van der Waals surface area contributed by atoms with E-state index in [0.29, 0.717) is 6.71 Å². The van der Waals surface area contributed by atoms with Crippen molar-refractivity contribution in [2.75, 3.05) is 14.1 Å². The lowest BCUT2D eigenvalue weighted by Crippen LogP contribution is -2.41. The van der Waals surface area contributed by atoms with Crippen molar-refractivity contribution in [3.63, 3.8) is 0 Å². The van der Waals surface area contributed by atoms with Crippen molar-refractivity contribution < 1.29 is 0 Å². The first kappa shape index (κ1) is 12.9. The van der Waals surface area contributed by atoms with E-state index in [1.54, 1.807) is 0 Å². The van der Waals surface area contributed by atoms with Crippen molar-refractivity contribution in [1.82, 2.24) is 4.90 Å². The van der Waals surface area contributed by atoms with E-state index < -0.39 is 0 Å². The molecule has 0 unspecified atom stereocenters. The number of benzene rings is 2. The van der Waals surface area contributed by atoms with Gasteiger partial charge in [-0.1, -0.05) is 72.3 Å². The molecular weight excluding hydrogens is 217 g/mol. The predicted octanol–water partition coefficient (Wildman–Crippen LogP) is 1.99. The first-order valence-corrected chi connectivity index (χ1v) is 6.46. The molecule has 92 valence electrons. The molecule has 2 heteroatoms. The second-order valence-electron chi connectivity index (χ2n) is 5.07. The second kappa shape index (κ2) is 5.88. The minimum atomic E-state index is 0.447. The summed E-state index contributed by atoms with van der Waals surface area (Å²) in [6.07, 6.45) is 0. The Morgan fingerprint density at radius 2 is 1.50 bits per heavy atom. The fraction of sp³-hybridized carbons (Fsp3) is 0.250. The van der Waals surface area contributed by atoms with E-state index >= 15 is 0 Å². The minimum Gasteiger partial charge on any atom is -0.305 e. The number of hydrogen-bond acceptors (Lipinski definition) is 1. The van der Waals surface area contributed by atoms with Crippen LogP contribution in [0.25, 0.3) is 0 Å². The van der Waals surface area contributed by atoms with Gasteiger partial charge in [0.05, 0.1) is 0 Å². The van der Waals surface area contributed by atoms with Gasteiger partial charge in [0.1, 0.15) is 0 Å². The summed E-state index contributed by atoms with van der Waals surface area (Å²) in [5.74, 6) is 0. The summed E-state index contributed by atoms with van der Waals surface area (Å²) in [4.78, 5) is 2.22. The molecule has 0 radical (unpaired) electrons. The molecule has 0 N–H and O–H groups in total. The van der Waals surface area contributed by atoms with Crippen LogP contribution in [-0.4, -0.2) is 25.7 Å². The van der Waals surface area contributed by atoms with Crippen molar-refractivity contribution in [1.29, 1.82) is 0 Å². The van der Waals surface area contributed by atoms with Gasteiger partial charge in [0.15, 0.2) is 0 Å². The van der Waals surface area contributed by atoms with Gasteiger partial charge in [0.2, 0.25) is 6.71 Å². The molecule has 0 aliphatic rings. The van der Waals surface area contributed by atoms with Crippen molar-refractivity contribution >= 4 is 17.6 Å². The van der Waals surface area contributed by atoms with Gasteiger partial charge in [-0.25, -0.2) is 0 Å². The smallest absolute Gasteiger partial charge is 0.206 e. The third-order valence-corrected chi connectivity index (χ3v) is 3.31. The first-order chi connectivity index (χ1) is 8.68. The molecule has 0 aliphatic heterocycles. The van der Waals surface area contributed by atoms with Crippen LogP contribution in [-0.2, 0) is 6.54 Å². The minimum absolute atomic E-state index is 0.447. The molecule has 0 spiro atoms. The van der Waals surface area contributed by atoms with Crippen LogP contribution in [0.2, 0.25) is 6.82 Å². The second-order valence-corrected chi connectivity index (χ2v) is 5.07. The maximum Gasteiger partial charge on any atom is 0.206 e. The summed E-state index contributed by atoms with van der Waals surface area (Å²) in [5.41, 5.74) is 4.22. The van der Waals surface area contributed by atoms with Gasteiger partial charge < -0.3 is 4.90 Å². The van der Waals surface area contributed by atoms with Crippen LogP contribution in [0.5, 0.6) is 0 Å². The van der Waals surface area contributed by atoms with E-state index in [9.17, 15) is 0 Å². The SMILES string of the molecule is CB(c1ccccc1)c1ccccc1CN(C)C. The van der Waals surface area contributed by atoms with Crippen molar-refractivity contribution in [2.45, 2.75) is 13.4 Å². The van der Waals surface area contributed by atoms with Gasteiger partial charge in [0, 0.05) is 6.54 Å². The summed E-state index contributed by atoms with van der Waals surface area (Å²) < 4.78 is 0. The van der Waals surface area contributed by atoms with E-state index in [-0.39, 0.29) is 0 Å². The van der Waals surface area contributed by atoms with Gasteiger partial charge in [-0.05, 0) is 19.7 Å². The molecule has 0 saturated heterocycles. The van der Waals surface area contributed by atoms with Crippen LogP contribution in [0.15, 0.2) is 54.6 Å². The van der Waals surface area contributed by atoms with Gasteiger partial charge in [-0.15, -0.1) is 0 Å². The fourth-order valence-electron chi connectivity index (χ4n) is 2.36. The van der Waals surface area contributed by atoms with Crippen LogP contribution in [0, 0.1) is 0 Å². The third kappa shape index (κ3) is 3.02. The standard InChI is InChI=1S/C16H20BN/c1-17(15-10-5-4-6-11-15)16-12-8-7-9-14(16)13-18(2)3/h4-12H,13H2,1-3H3. The maximum absolute atomic E-state index is 2.28. The van der Waals surface area contributed by atoms with Gasteiger partial charge in [-0.2, -0.15) is 0 Å². The Bertz CT molecular complexity index is 493. The summed E-state index contributed by atoms with van der Waals surface area (Å²) in [7, 11) is 4.23. The number of hydrogen-bond donors (Lipinski definition) is 0. The molecule has 0 fully saturated rings. The van der Waals surface area contributed by atoms with Gasteiger partial charge >= 0.3 is 0 Å². The quantitative estimate of drug-likeness (QED) is 0.735. The van der Waals surface area contributed by atoms with Crippen LogP contribution >= 0.6 is 0 Å². The molecular formula is C16H20BN. The van der Waals surface area contributed by atoms with Crippen LogP contribution < -0.4 is 10.9 Å². The van der Waals surface area contributed by atoms with E-state index in [1.165, 1.54) is 16.5 Å². The molecule has 1 nitrogen and oxygen atoms in total. The van der Waals surface area contributed by atoms with Crippen LogP contribution in [0.1, 0.15) is 5.56 Å². The maximum atomic E-state index is 2.28. The van der Waals surface area contributed by atoms with E-state index in [4.69, 9.17) is 0 Å². The van der Waals surface area contributed by atoms with E-state index in [1.807, 2.05) is 0 Å². The summed E-state index contributed by atoms with van der Waals surface area (Å²) in [6.45, 7) is 3.72. The fourth-order valence-corrected chi connectivity index (χ4v) is 2.36. The zero-order valence-electron chi connectivity index (χ0n) is 11.4. The Kier molecular flexibility index (Phi) is 4.21. The predicted molar refractivity (Wildman–Crippen MR) is 81.2 cm³/mol. The lowest BCUT2D eigenvalue weighted by Gasteiger charge is -2.17. The molecule has 2 aromatic carbocycles. The van der Waals surface area contributed by atoms with Crippen LogP contribution in [0.4, 0.5) is 0 Å². The Morgan fingerprint density at radius 3 is 2.17 bits per heavy atom. The lowest BCUT2D eigenvalue weighted by atomic mass is 9.42. The normalized spacial score (nSPS) is 10.7. The summed E-state index contributed by atoms with van der Waals surface area (Å²) in [6, 6.07) is 19.4. The molecule has 0 aliphatic carbocycles. The summed E-state index contributed by atoms with van der Waals surface area (Å²) in [5, 5.41) is 0. The Hall–Kier alpha value is -1.54. The average molecular weight is 237 g/mol. The highest BCUT2D eigenvalue weighted by Gasteiger charge is 2.15. The van der Waals surface area contributed by atoms with Gasteiger partial charge in [-0.3, -0.25) is 0 Å². The zero-order valence-corrected chi connectivity index (χ0v) is 11.4. The molecule has 2 aromatic rings. The van der Waals surface area contributed by atoms with Gasteiger partial charge in [0.25, 0.3) is 0 Å². The molecule has 0 saturated carbocycles. The van der Waals surface area contributed by atoms with E-state index in [0.717, 1.165) is 6.54 Å². The highest BCUT2D eigenvalue weighted by molar-refractivity contribution is 6.84. The molecule has 0 amide bonds. The molecule has 0 bridgehead atoms. The van der Waals surface area contributed by atoms with Crippen molar-refractivity contribution in [2.24, 2.45) is 0 Å². The van der Waals surface area contributed by atoms with Crippen molar-refractivity contribution in [3.8, 4) is 0 Å². The average Bonchev–Trinajstić information content (AvgIpc) is 2.39. The molecule has 2 rings (SSSR count). The topological polar surface area (TPSA) is 3.24 Å². The first-order valence-electron chi connectivity index (χ1n) is 6.46. The lowest BCUT2D eigenvalue weighted by molar-refractivity contribution is 0.403. The molecule has 0 aromatic heterocycles. The molecule has 18 heavy (non-hydrogen) atoms. The Morgan fingerprint density at radius 1 is 0.889 bits per heavy atom. The number of rotatable bonds is 4. The molecule has 0 atom stereocenters. The number of nitrogens with zero attached hydrogens (tertiary/aromatic N) is 1. The van der Waals surface area contributed by atoms with Crippen LogP contribution in [0.3, 0.4) is 0 Å². The highest BCUT2D eigenvalue weighted by atomic mass is 15.0. The third-order valence-electron chi connectivity index (χ3n) is 3.31. The zero-order chi connectivity index (χ0) is 13.0. The Balaban J connectivity index is 2.33. The van der Waals surface area contributed by atoms with E-state index in [2.05, 4.69) is 80.4 Å². The molecule has 0 heterocycles. The Labute approximate surface area is 111 Å².